The lowest BCUT2D eigenvalue weighted by atomic mass is 10.5. The van der Waals surface area contributed by atoms with Crippen molar-refractivity contribution in [3.63, 3.8) is 0 Å². The molecule has 68 valence electrons. The highest BCUT2D eigenvalue weighted by Crippen LogP contribution is 2.38. The first-order valence-electron chi connectivity index (χ1n) is 3.58. The molecule has 0 unspecified atom stereocenters. The van der Waals surface area contributed by atoms with E-state index in [4.69, 9.17) is 11.5 Å². The van der Waals surface area contributed by atoms with Crippen LogP contribution in [0, 0.1) is 0 Å². The average Bonchev–Trinajstić information content (AvgIpc) is 2.65. The summed E-state index contributed by atoms with van der Waals surface area (Å²) < 4.78 is 0. The van der Waals surface area contributed by atoms with Crippen LogP contribution in [0.15, 0.2) is 31.3 Å². The highest BCUT2D eigenvalue weighted by molar-refractivity contribution is 7.99. The van der Waals surface area contributed by atoms with Crippen LogP contribution in [0.1, 0.15) is 0 Å². The molecule has 2 aromatic rings. The van der Waals surface area contributed by atoms with Crippen molar-refractivity contribution in [3.05, 3.63) is 21.5 Å². The predicted octanol–water partition coefficient (Wildman–Crippen LogP) is 3.13. The fourth-order valence-electron chi connectivity index (χ4n) is 0.875. The van der Waals surface area contributed by atoms with Gasteiger partial charge in [0, 0.05) is 31.3 Å². The summed E-state index contributed by atoms with van der Waals surface area (Å²) in [4.78, 5) is 2.19. The summed E-state index contributed by atoms with van der Waals surface area (Å²) in [7, 11) is 0. The maximum absolute atomic E-state index is 5.76. The fraction of sp³-hybridized carbons (Fsp3) is 0. The second-order valence-electron chi connectivity index (χ2n) is 2.48. The van der Waals surface area contributed by atoms with E-state index in [9.17, 15) is 0 Å². The molecule has 0 radical (unpaired) electrons. The van der Waals surface area contributed by atoms with Crippen LogP contribution < -0.4 is 11.5 Å². The third-order valence-corrected chi connectivity index (χ3v) is 4.50. The van der Waals surface area contributed by atoms with Crippen LogP contribution in [0.5, 0.6) is 0 Å². The molecule has 2 rings (SSSR count). The number of hydrogen-bond donors (Lipinski definition) is 2. The number of hydrogen-bond acceptors (Lipinski definition) is 5. The van der Waals surface area contributed by atoms with Gasteiger partial charge in [0.2, 0.25) is 0 Å². The molecule has 0 aliphatic carbocycles. The molecule has 0 aliphatic rings. The second-order valence-corrected chi connectivity index (χ2v) is 5.06. The van der Waals surface area contributed by atoms with Gasteiger partial charge in [-0.2, -0.15) is 0 Å². The Bertz CT molecular complexity index is 367. The molecule has 0 spiro atoms. The van der Waals surface area contributed by atoms with Crippen molar-refractivity contribution in [2.45, 2.75) is 9.79 Å². The first-order valence-corrected chi connectivity index (χ1v) is 6.29. The van der Waals surface area contributed by atoms with E-state index in [1.54, 1.807) is 34.4 Å². The third kappa shape index (κ3) is 1.82. The zero-order valence-corrected chi connectivity index (χ0v) is 9.14. The lowest BCUT2D eigenvalue weighted by molar-refractivity contribution is 1.51. The van der Waals surface area contributed by atoms with Gasteiger partial charge in [-0.3, -0.25) is 0 Å². The molecular formula is C8H8N2S3. The molecule has 0 aromatic carbocycles. The van der Waals surface area contributed by atoms with Crippen LogP contribution in [-0.2, 0) is 0 Å². The number of thiophene rings is 2. The summed E-state index contributed by atoms with van der Waals surface area (Å²) in [6.45, 7) is 0. The predicted molar refractivity (Wildman–Crippen MR) is 61.6 cm³/mol. The molecular weight excluding hydrogens is 220 g/mol. The van der Waals surface area contributed by atoms with Crippen LogP contribution in [0.4, 0.5) is 11.4 Å². The largest absolute Gasteiger partial charge is 0.397 e. The number of nitrogen functional groups attached to an aromatic ring is 2. The lowest BCUT2D eigenvalue weighted by Gasteiger charge is -1.98. The van der Waals surface area contributed by atoms with Gasteiger partial charge in [-0.25, -0.2) is 0 Å². The van der Waals surface area contributed by atoms with Gasteiger partial charge in [0.1, 0.15) is 0 Å². The molecule has 4 N–H and O–H groups in total. The van der Waals surface area contributed by atoms with Gasteiger partial charge >= 0.3 is 0 Å². The zero-order chi connectivity index (χ0) is 9.26. The summed E-state index contributed by atoms with van der Waals surface area (Å²) in [5.74, 6) is 0. The molecule has 2 heterocycles. The average molecular weight is 228 g/mol. The fourth-order valence-corrected chi connectivity index (χ4v) is 3.54. The maximum atomic E-state index is 5.76. The van der Waals surface area contributed by atoms with Gasteiger partial charge in [0.25, 0.3) is 0 Å². The van der Waals surface area contributed by atoms with Crippen molar-refractivity contribution in [2.24, 2.45) is 0 Å². The third-order valence-electron chi connectivity index (χ3n) is 1.53. The first-order chi connectivity index (χ1) is 6.27. The van der Waals surface area contributed by atoms with Crippen LogP contribution in [0.3, 0.4) is 0 Å². The minimum absolute atomic E-state index is 0.834. The van der Waals surface area contributed by atoms with E-state index in [0.29, 0.717) is 0 Å². The standard InChI is InChI=1S/C8H8N2S3/c9-5-1-11-3-7(5)13-8-4-12-2-6(8)10/h1-4H,9-10H2. The highest BCUT2D eigenvalue weighted by Gasteiger charge is 2.05. The van der Waals surface area contributed by atoms with E-state index in [0.717, 1.165) is 21.2 Å². The molecule has 0 bridgehead atoms. The number of anilines is 2. The van der Waals surface area contributed by atoms with E-state index in [-0.39, 0.29) is 0 Å². The van der Waals surface area contributed by atoms with Crippen molar-refractivity contribution < 1.29 is 0 Å². The van der Waals surface area contributed by atoms with Crippen molar-refractivity contribution in [1.82, 2.24) is 0 Å². The smallest absolute Gasteiger partial charge is 0.0564 e. The van der Waals surface area contributed by atoms with Crippen LogP contribution >= 0.6 is 34.4 Å². The SMILES string of the molecule is Nc1cscc1Sc1cscc1N. The van der Waals surface area contributed by atoms with E-state index in [2.05, 4.69) is 0 Å². The van der Waals surface area contributed by atoms with E-state index in [1.165, 1.54) is 0 Å². The molecule has 0 fully saturated rings. The topological polar surface area (TPSA) is 52.0 Å². The van der Waals surface area contributed by atoms with Crippen molar-refractivity contribution in [3.8, 4) is 0 Å². The van der Waals surface area contributed by atoms with Gasteiger partial charge in [0.15, 0.2) is 0 Å². The number of nitrogens with two attached hydrogens (primary N) is 2. The molecule has 2 aromatic heterocycles. The molecule has 0 amide bonds. The van der Waals surface area contributed by atoms with E-state index in [1.807, 2.05) is 21.5 Å². The Balaban J connectivity index is 2.24. The summed E-state index contributed by atoms with van der Waals surface area (Å²) in [6, 6.07) is 0. The Kier molecular flexibility index (Phi) is 2.48. The van der Waals surface area contributed by atoms with Crippen LogP contribution in [-0.4, -0.2) is 0 Å². The van der Waals surface area contributed by atoms with Gasteiger partial charge < -0.3 is 11.5 Å². The van der Waals surface area contributed by atoms with Gasteiger partial charge in [0.05, 0.1) is 11.4 Å². The highest BCUT2D eigenvalue weighted by atomic mass is 32.2. The van der Waals surface area contributed by atoms with Crippen LogP contribution in [0.2, 0.25) is 0 Å². The zero-order valence-electron chi connectivity index (χ0n) is 6.69. The van der Waals surface area contributed by atoms with E-state index < -0.39 is 0 Å². The molecule has 0 aliphatic heterocycles. The van der Waals surface area contributed by atoms with Gasteiger partial charge in [-0.05, 0) is 0 Å². The summed E-state index contributed by atoms with van der Waals surface area (Å²) in [6.07, 6.45) is 0. The first kappa shape index (κ1) is 8.93. The Morgan fingerprint density at radius 1 is 0.846 bits per heavy atom. The summed E-state index contributed by atoms with van der Waals surface area (Å²) in [5, 5.41) is 7.95. The Morgan fingerprint density at radius 3 is 1.62 bits per heavy atom. The van der Waals surface area contributed by atoms with Crippen molar-refractivity contribution >= 4 is 45.8 Å². The normalized spacial score (nSPS) is 10.5. The minimum Gasteiger partial charge on any atom is -0.397 e. The van der Waals surface area contributed by atoms with Gasteiger partial charge in [-0.15, -0.1) is 22.7 Å². The second kappa shape index (κ2) is 3.61. The molecule has 0 atom stereocenters. The summed E-state index contributed by atoms with van der Waals surface area (Å²) in [5.41, 5.74) is 13.2. The number of rotatable bonds is 2. The molecule has 5 heteroatoms. The van der Waals surface area contributed by atoms with Crippen molar-refractivity contribution in [1.29, 1.82) is 0 Å². The van der Waals surface area contributed by atoms with Gasteiger partial charge in [-0.1, -0.05) is 11.8 Å². The minimum atomic E-state index is 0.834. The van der Waals surface area contributed by atoms with Crippen molar-refractivity contribution in [2.75, 3.05) is 11.5 Å². The van der Waals surface area contributed by atoms with E-state index >= 15 is 0 Å². The molecule has 13 heavy (non-hydrogen) atoms. The monoisotopic (exact) mass is 228 g/mol. The Labute approximate surface area is 88.6 Å². The Hall–Kier alpha value is -0.650. The van der Waals surface area contributed by atoms with Crippen LogP contribution in [0.25, 0.3) is 0 Å². The molecule has 2 nitrogen and oxygen atoms in total. The Morgan fingerprint density at radius 2 is 1.31 bits per heavy atom. The molecule has 0 saturated heterocycles. The maximum Gasteiger partial charge on any atom is 0.0564 e. The lowest BCUT2D eigenvalue weighted by Crippen LogP contribution is -1.84. The summed E-state index contributed by atoms with van der Waals surface area (Å²) >= 11 is 4.85. The molecule has 0 saturated carbocycles. The quantitative estimate of drug-likeness (QED) is 0.830.